The van der Waals surface area contributed by atoms with Gasteiger partial charge in [-0.15, -0.1) is 0 Å². The molecule has 1 saturated heterocycles. The minimum Gasteiger partial charge on any atom is -0.497 e. The number of nitrogens with zero attached hydrogens (tertiary/aromatic N) is 3. The second-order valence-corrected chi connectivity index (χ2v) is 21.1. The summed E-state index contributed by atoms with van der Waals surface area (Å²) in [7, 11) is 2.16. The highest BCUT2D eigenvalue weighted by atomic mass is 28.3. The first-order valence-corrected chi connectivity index (χ1v) is 23.2. The smallest absolute Gasteiger partial charge is 0.297 e. The summed E-state index contributed by atoms with van der Waals surface area (Å²) in [4.78, 5) is 46.6. The standard InChI is InChI=1S/C47H51N3O8Si/c1-30-44(59(5,6)38-20-17-36(55-2)18-21-38)42(26-43(52)49-28-33-11-8-7-10-32(33)24-35(49)29-51)58-47(30)39-25-37(56-3)19-22-40(39)50(46(47)54)27-31-13-15-34(16-14-31)48-23-9-12-41(57-4)45(48)53/h7-23,25,30,35,42,44,51H,24,26-29H2,1-6H3/t30-,35+,42+,44-,47+/m1/s1. The van der Waals surface area contributed by atoms with Gasteiger partial charge in [-0.25, -0.2) is 0 Å². The highest BCUT2D eigenvalue weighted by Gasteiger charge is 2.66. The molecule has 1 fully saturated rings. The van der Waals surface area contributed by atoms with Crippen LogP contribution in [0.25, 0.3) is 5.69 Å². The molecule has 1 N–H and O–H groups in total. The zero-order valence-corrected chi connectivity index (χ0v) is 35.4. The van der Waals surface area contributed by atoms with Crippen LogP contribution in [0.5, 0.6) is 17.2 Å². The summed E-state index contributed by atoms with van der Waals surface area (Å²) in [6.45, 7) is 7.19. The number of benzene rings is 4. The van der Waals surface area contributed by atoms with E-state index in [2.05, 4.69) is 38.2 Å². The molecule has 0 aliphatic carbocycles. The Balaban J connectivity index is 1.18. The number of pyridine rings is 1. The van der Waals surface area contributed by atoms with Crippen LogP contribution >= 0.6 is 0 Å². The molecule has 4 heterocycles. The highest BCUT2D eigenvalue weighted by Crippen LogP contribution is 2.60. The summed E-state index contributed by atoms with van der Waals surface area (Å²) in [5.74, 6) is 0.951. The fraction of sp³-hybridized carbons (Fsp3) is 0.340. The van der Waals surface area contributed by atoms with Gasteiger partial charge in [-0.2, -0.15) is 0 Å². The van der Waals surface area contributed by atoms with Crippen LogP contribution < -0.4 is 29.9 Å². The number of amides is 2. The number of fused-ring (bicyclic) bond motifs is 3. The number of aromatic nitrogens is 1. The van der Waals surface area contributed by atoms with Crippen LogP contribution in [-0.2, 0) is 39.4 Å². The van der Waals surface area contributed by atoms with Crippen LogP contribution in [0.2, 0.25) is 18.6 Å². The van der Waals surface area contributed by atoms with E-state index >= 15 is 4.79 Å². The third-order valence-corrected chi connectivity index (χ3v) is 17.4. The SMILES string of the molecule is COc1ccc([Si](C)(C)[C@H]2[C@H](CC(=O)N3Cc4ccccc4C[C@H]3CO)O[C@@]3(C(=O)N(Cc4ccc(-n5cccc(OC)c5=O)cc4)c4ccc(OC)cc43)[C@@H]2C)cc1. The molecule has 5 aromatic rings. The second-order valence-electron chi connectivity index (χ2n) is 16.4. The van der Waals surface area contributed by atoms with Gasteiger partial charge in [-0.05, 0) is 83.2 Å². The molecule has 12 heteroatoms. The van der Waals surface area contributed by atoms with Crippen molar-refractivity contribution in [2.45, 2.75) is 69.2 Å². The number of ether oxygens (including phenoxy) is 4. The Hall–Kier alpha value is -5.69. The predicted octanol–water partition coefficient (Wildman–Crippen LogP) is 5.96. The molecule has 59 heavy (non-hydrogen) atoms. The maximum Gasteiger partial charge on any atom is 0.297 e. The molecular weight excluding hydrogens is 763 g/mol. The normalized spacial score (nSPS) is 22.3. The summed E-state index contributed by atoms with van der Waals surface area (Å²) < 4.78 is 25.3. The van der Waals surface area contributed by atoms with E-state index in [1.165, 1.54) is 11.7 Å². The fourth-order valence-electron chi connectivity index (χ4n) is 9.89. The average molecular weight is 814 g/mol. The third-order valence-electron chi connectivity index (χ3n) is 13.0. The number of aliphatic hydroxyl groups is 1. The predicted molar refractivity (Wildman–Crippen MR) is 229 cm³/mol. The quantitative estimate of drug-likeness (QED) is 0.162. The lowest BCUT2D eigenvalue weighted by Crippen LogP contribution is -2.52. The molecule has 1 aromatic heterocycles. The number of hydrogen-bond donors (Lipinski definition) is 1. The van der Waals surface area contributed by atoms with E-state index in [0.717, 1.165) is 33.3 Å². The lowest BCUT2D eigenvalue weighted by Gasteiger charge is -2.39. The van der Waals surface area contributed by atoms with Crippen molar-refractivity contribution in [1.82, 2.24) is 9.47 Å². The zero-order chi connectivity index (χ0) is 41.6. The average Bonchev–Trinajstić information content (AvgIpc) is 3.68. The van der Waals surface area contributed by atoms with Gasteiger partial charge in [0.05, 0.1) is 66.8 Å². The van der Waals surface area contributed by atoms with E-state index in [4.69, 9.17) is 18.9 Å². The lowest BCUT2D eigenvalue weighted by molar-refractivity contribution is -0.151. The largest absolute Gasteiger partial charge is 0.497 e. The molecule has 2 amide bonds. The number of methoxy groups -OCH3 is 3. The summed E-state index contributed by atoms with van der Waals surface area (Å²) in [5, 5.41) is 11.7. The van der Waals surface area contributed by atoms with Crippen molar-refractivity contribution >= 4 is 30.8 Å². The first kappa shape index (κ1) is 40.1. The molecule has 3 aliphatic rings. The van der Waals surface area contributed by atoms with Gasteiger partial charge in [0.2, 0.25) is 5.91 Å². The summed E-state index contributed by atoms with van der Waals surface area (Å²) >= 11 is 0. The van der Waals surface area contributed by atoms with E-state index in [-0.39, 0.29) is 60.2 Å². The molecule has 5 atom stereocenters. The van der Waals surface area contributed by atoms with Crippen molar-refractivity contribution in [3.8, 4) is 22.9 Å². The molecule has 0 radical (unpaired) electrons. The molecule has 0 unspecified atom stereocenters. The number of anilines is 1. The van der Waals surface area contributed by atoms with Crippen molar-refractivity contribution < 1.29 is 33.6 Å². The Morgan fingerprint density at radius 3 is 2.24 bits per heavy atom. The molecule has 8 rings (SSSR count). The minimum absolute atomic E-state index is 0.0553. The van der Waals surface area contributed by atoms with E-state index in [1.54, 1.807) is 42.3 Å². The molecule has 1 spiro atoms. The van der Waals surface area contributed by atoms with Gasteiger partial charge in [0.25, 0.3) is 11.5 Å². The van der Waals surface area contributed by atoms with Gasteiger partial charge in [-0.3, -0.25) is 19.0 Å². The van der Waals surface area contributed by atoms with E-state index in [1.807, 2.05) is 72.8 Å². The van der Waals surface area contributed by atoms with Crippen LogP contribution in [0.1, 0.15) is 35.6 Å². The minimum atomic E-state index is -2.56. The van der Waals surface area contributed by atoms with Crippen LogP contribution in [-0.4, -0.2) is 74.5 Å². The van der Waals surface area contributed by atoms with Crippen LogP contribution in [0.4, 0.5) is 5.69 Å². The van der Waals surface area contributed by atoms with Gasteiger partial charge in [-0.1, -0.05) is 73.7 Å². The molecule has 0 bridgehead atoms. The van der Waals surface area contributed by atoms with E-state index in [9.17, 15) is 14.7 Å². The van der Waals surface area contributed by atoms with Crippen LogP contribution in [0.3, 0.4) is 0 Å². The maximum atomic E-state index is 15.4. The first-order valence-electron chi connectivity index (χ1n) is 20.1. The maximum absolute atomic E-state index is 15.4. The Morgan fingerprint density at radius 1 is 0.864 bits per heavy atom. The van der Waals surface area contributed by atoms with Crippen molar-refractivity contribution in [2.24, 2.45) is 5.92 Å². The van der Waals surface area contributed by atoms with Crippen molar-refractivity contribution in [3.63, 3.8) is 0 Å². The number of carbonyl (C=O) groups is 2. The summed E-state index contributed by atoms with van der Waals surface area (Å²) in [6, 6.07) is 32.5. The van der Waals surface area contributed by atoms with Gasteiger partial charge in [0, 0.05) is 29.9 Å². The Morgan fingerprint density at radius 2 is 1.56 bits per heavy atom. The number of rotatable bonds is 11. The first-order chi connectivity index (χ1) is 28.4. The summed E-state index contributed by atoms with van der Waals surface area (Å²) in [6.07, 6.45) is 1.71. The topological polar surface area (TPSA) is 120 Å². The highest BCUT2D eigenvalue weighted by molar-refractivity contribution is 6.91. The fourth-order valence-corrected chi connectivity index (χ4v) is 13.9. The third kappa shape index (κ3) is 6.82. The zero-order valence-electron chi connectivity index (χ0n) is 34.4. The summed E-state index contributed by atoms with van der Waals surface area (Å²) in [5.41, 5.74) is 3.32. The van der Waals surface area contributed by atoms with Crippen molar-refractivity contribution in [3.05, 3.63) is 142 Å². The van der Waals surface area contributed by atoms with E-state index < -0.39 is 19.8 Å². The Labute approximate surface area is 345 Å². The van der Waals surface area contributed by atoms with Crippen LogP contribution in [0.15, 0.2) is 114 Å². The molecule has 4 aromatic carbocycles. The molecular formula is C47H51N3O8Si. The number of carbonyl (C=O) groups excluding carboxylic acids is 2. The monoisotopic (exact) mass is 813 g/mol. The Bertz CT molecular complexity index is 2430. The second kappa shape index (κ2) is 15.8. The molecule has 11 nitrogen and oxygen atoms in total. The lowest BCUT2D eigenvalue weighted by atomic mass is 9.82. The number of aliphatic hydroxyl groups excluding tert-OH is 1. The van der Waals surface area contributed by atoms with Crippen molar-refractivity contribution in [2.75, 3.05) is 32.8 Å². The van der Waals surface area contributed by atoms with Gasteiger partial charge >= 0.3 is 0 Å². The Kier molecular flexibility index (Phi) is 10.7. The molecule has 0 saturated carbocycles. The molecule has 306 valence electrons. The van der Waals surface area contributed by atoms with Crippen molar-refractivity contribution in [1.29, 1.82) is 0 Å². The van der Waals surface area contributed by atoms with Crippen LogP contribution in [0, 0.1) is 5.92 Å². The van der Waals surface area contributed by atoms with Gasteiger partial charge < -0.3 is 33.9 Å². The van der Waals surface area contributed by atoms with Gasteiger partial charge in [0.15, 0.2) is 11.4 Å². The molecule has 3 aliphatic heterocycles. The van der Waals surface area contributed by atoms with E-state index in [0.29, 0.717) is 30.0 Å². The van der Waals surface area contributed by atoms with Gasteiger partial charge in [0.1, 0.15) is 11.5 Å². The number of hydrogen-bond acceptors (Lipinski definition) is 8.